The van der Waals surface area contributed by atoms with E-state index in [1.165, 1.54) is 0 Å². The van der Waals surface area contributed by atoms with Crippen LogP contribution in [0, 0.1) is 5.92 Å². The van der Waals surface area contributed by atoms with E-state index in [0.717, 1.165) is 0 Å². The van der Waals surface area contributed by atoms with Crippen LogP contribution in [0.4, 0.5) is 0 Å². The number of hydrogen-bond acceptors (Lipinski definition) is 5. The molecule has 1 saturated carbocycles. The van der Waals surface area contributed by atoms with Gasteiger partial charge in [0.2, 0.25) is 0 Å². The van der Waals surface area contributed by atoms with Crippen LogP contribution in [0.25, 0.3) is 0 Å². The summed E-state index contributed by atoms with van der Waals surface area (Å²) in [7, 11) is 0. The number of ketones is 1. The molecule has 0 bridgehead atoms. The van der Waals surface area contributed by atoms with Gasteiger partial charge in [0, 0.05) is 18.9 Å². The Labute approximate surface area is 69.3 Å². The molecule has 1 rings (SSSR count). The van der Waals surface area contributed by atoms with Crippen LogP contribution in [0.3, 0.4) is 0 Å². The Morgan fingerprint density at radius 2 is 1.83 bits per heavy atom. The van der Waals surface area contributed by atoms with Gasteiger partial charge < -0.3 is 20.4 Å². The monoisotopic (exact) mass is 176 g/mol. The molecule has 0 saturated heterocycles. The van der Waals surface area contributed by atoms with Crippen LogP contribution in [0.1, 0.15) is 6.42 Å². The summed E-state index contributed by atoms with van der Waals surface area (Å²) in [4.78, 5) is 10.9. The average Bonchev–Trinajstić information content (AvgIpc) is 2.08. The fourth-order valence-corrected chi connectivity index (χ4v) is 1.33. The van der Waals surface area contributed by atoms with E-state index in [9.17, 15) is 9.90 Å². The number of carbonyl (C=O) groups excluding carboxylic acids is 1. The molecule has 70 valence electrons. The first-order chi connectivity index (χ1) is 5.57. The molecule has 1 aliphatic carbocycles. The highest BCUT2D eigenvalue weighted by molar-refractivity contribution is 5.84. The van der Waals surface area contributed by atoms with Crippen molar-refractivity contribution < 1.29 is 25.2 Å². The summed E-state index contributed by atoms with van der Waals surface area (Å²) in [5.41, 5.74) is 0. The van der Waals surface area contributed by atoms with Gasteiger partial charge in [-0.2, -0.15) is 0 Å². The van der Waals surface area contributed by atoms with Crippen LogP contribution in [-0.4, -0.2) is 51.1 Å². The molecular weight excluding hydrogens is 164 g/mol. The number of aliphatic hydroxyl groups is 4. The van der Waals surface area contributed by atoms with Crippen LogP contribution in [0.2, 0.25) is 0 Å². The fourth-order valence-electron chi connectivity index (χ4n) is 1.33. The highest BCUT2D eigenvalue weighted by Gasteiger charge is 2.41. The lowest BCUT2D eigenvalue weighted by molar-refractivity contribution is -0.156. The zero-order chi connectivity index (χ0) is 9.30. The van der Waals surface area contributed by atoms with E-state index in [0.29, 0.717) is 0 Å². The number of rotatable bonds is 1. The molecule has 0 aromatic heterocycles. The minimum absolute atomic E-state index is 0.0874. The summed E-state index contributed by atoms with van der Waals surface area (Å²) in [6.07, 6.45) is -4.29. The minimum Gasteiger partial charge on any atom is -0.396 e. The van der Waals surface area contributed by atoms with Crippen molar-refractivity contribution in [2.75, 3.05) is 6.61 Å². The van der Waals surface area contributed by atoms with Crippen LogP contribution < -0.4 is 0 Å². The summed E-state index contributed by atoms with van der Waals surface area (Å²) in [5.74, 6) is -1.19. The summed E-state index contributed by atoms with van der Waals surface area (Å²) < 4.78 is 0. The van der Waals surface area contributed by atoms with Crippen molar-refractivity contribution >= 4 is 5.78 Å². The summed E-state index contributed by atoms with van der Waals surface area (Å²) in [6.45, 7) is -0.364. The number of aliphatic hydroxyl groups excluding tert-OH is 4. The van der Waals surface area contributed by atoms with E-state index in [1.807, 2.05) is 0 Å². The number of Topliss-reactive ketones (excluding diaryl/α,β-unsaturated/α-hetero) is 1. The first-order valence-corrected chi connectivity index (χ1v) is 3.75. The van der Waals surface area contributed by atoms with E-state index in [-0.39, 0.29) is 13.0 Å². The normalized spacial score (nSPS) is 43.2. The Bertz CT molecular complexity index is 179. The lowest BCUT2D eigenvalue weighted by Crippen LogP contribution is -2.52. The molecule has 0 aliphatic heterocycles. The average molecular weight is 176 g/mol. The smallest absolute Gasteiger partial charge is 0.164 e. The zero-order valence-electron chi connectivity index (χ0n) is 6.42. The zero-order valence-corrected chi connectivity index (χ0v) is 6.42. The molecule has 4 atom stereocenters. The SMILES string of the molecule is O=C1CC(CO)C(O)[C@@H](O)[C@@H]1O. The third-order valence-corrected chi connectivity index (χ3v) is 2.18. The standard InChI is InChI=1S/C7H12O5/c8-2-3-1-4(9)6(11)7(12)5(3)10/h3,5-8,10-12H,1-2H2/t3?,5?,6-,7-/m1/s1. The van der Waals surface area contributed by atoms with Crippen molar-refractivity contribution in [3.8, 4) is 0 Å². The summed E-state index contributed by atoms with van der Waals surface area (Å²) in [5, 5.41) is 36.0. The first-order valence-electron chi connectivity index (χ1n) is 3.75. The highest BCUT2D eigenvalue weighted by atomic mass is 16.4. The predicted octanol–water partition coefficient (Wildman–Crippen LogP) is -2.35. The van der Waals surface area contributed by atoms with Crippen molar-refractivity contribution in [3.63, 3.8) is 0 Å². The Morgan fingerprint density at radius 3 is 2.33 bits per heavy atom. The Balaban J connectivity index is 2.70. The third kappa shape index (κ3) is 1.49. The minimum atomic E-state index is -1.51. The highest BCUT2D eigenvalue weighted by Crippen LogP contribution is 2.22. The van der Waals surface area contributed by atoms with Crippen molar-refractivity contribution in [2.45, 2.75) is 24.7 Å². The second-order valence-corrected chi connectivity index (χ2v) is 3.04. The fraction of sp³-hybridized carbons (Fsp3) is 0.857. The molecular formula is C7H12O5. The van der Waals surface area contributed by atoms with E-state index in [2.05, 4.69) is 0 Å². The first kappa shape index (κ1) is 9.60. The lowest BCUT2D eigenvalue weighted by atomic mass is 9.82. The Kier molecular flexibility index (Phi) is 2.79. The van der Waals surface area contributed by atoms with E-state index in [4.69, 9.17) is 15.3 Å². The molecule has 1 aliphatic rings. The second kappa shape index (κ2) is 3.49. The van der Waals surface area contributed by atoms with Gasteiger partial charge in [-0.25, -0.2) is 0 Å². The number of carbonyl (C=O) groups is 1. The van der Waals surface area contributed by atoms with E-state index < -0.39 is 30.0 Å². The van der Waals surface area contributed by atoms with Gasteiger partial charge in [0.1, 0.15) is 12.2 Å². The maximum Gasteiger partial charge on any atom is 0.164 e. The third-order valence-electron chi connectivity index (χ3n) is 2.18. The lowest BCUT2D eigenvalue weighted by Gasteiger charge is -2.32. The maximum absolute atomic E-state index is 10.9. The van der Waals surface area contributed by atoms with Gasteiger partial charge in [0.05, 0.1) is 6.10 Å². The molecule has 5 nitrogen and oxygen atoms in total. The molecule has 0 aromatic carbocycles. The maximum atomic E-state index is 10.9. The van der Waals surface area contributed by atoms with Crippen molar-refractivity contribution in [1.29, 1.82) is 0 Å². The van der Waals surface area contributed by atoms with Gasteiger partial charge >= 0.3 is 0 Å². The topological polar surface area (TPSA) is 98.0 Å². The Hall–Kier alpha value is -0.490. The molecule has 5 heteroatoms. The van der Waals surface area contributed by atoms with E-state index >= 15 is 0 Å². The van der Waals surface area contributed by atoms with Gasteiger partial charge in [0.15, 0.2) is 5.78 Å². The molecule has 0 spiro atoms. The van der Waals surface area contributed by atoms with Crippen LogP contribution in [-0.2, 0) is 4.79 Å². The quantitative estimate of drug-likeness (QED) is 0.358. The molecule has 0 amide bonds. The van der Waals surface area contributed by atoms with Crippen LogP contribution in [0.15, 0.2) is 0 Å². The molecule has 1 fully saturated rings. The van der Waals surface area contributed by atoms with Gasteiger partial charge in [-0.15, -0.1) is 0 Å². The van der Waals surface area contributed by atoms with Crippen molar-refractivity contribution in [1.82, 2.24) is 0 Å². The van der Waals surface area contributed by atoms with Crippen molar-refractivity contribution in [3.05, 3.63) is 0 Å². The Morgan fingerprint density at radius 1 is 1.25 bits per heavy atom. The molecule has 2 unspecified atom stereocenters. The molecule has 0 heterocycles. The predicted molar refractivity (Wildman–Crippen MR) is 38.2 cm³/mol. The van der Waals surface area contributed by atoms with Gasteiger partial charge in [-0.05, 0) is 0 Å². The largest absolute Gasteiger partial charge is 0.396 e. The van der Waals surface area contributed by atoms with Gasteiger partial charge in [-0.1, -0.05) is 0 Å². The molecule has 12 heavy (non-hydrogen) atoms. The second-order valence-electron chi connectivity index (χ2n) is 3.04. The summed E-state index contributed by atoms with van der Waals surface area (Å²) >= 11 is 0. The summed E-state index contributed by atoms with van der Waals surface area (Å²) in [6, 6.07) is 0. The number of hydrogen-bond donors (Lipinski definition) is 4. The molecule has 0 radical (unpaired) electrons. The van der Waals surface area contributed by atoms with Crippen LogP contribution >= 0.6 is 0 Å². The van der Waals surface area contributed by atoms with Gasteiger partial charge in [0.25, 0.3) is 0 Å². The molecule has 0 aromatic rings. The van der Waals surface area contributed by atoms with E-state index in [1.54, 1.807) is 0 Å². The van der Waals surface area contributed by atoms with Gasteiger partial charge in [-0.3, -0.25) is 4.79 Å². The van der Waals surface area contributed by atoms with Crippen molar-refractivity contribution in [2.24, 2.45) is 5.92 Å². The van der Waals surface area contributed by atoms with Crippen LogP contribution in [0.5, 0.6) is 0 Å². The molecule has 4 N–H and O–H groups in total.